The molecule has 4 heterocycles. The van der Waals surface area contributed by atoms with Crippen molar-refractivity contribution in [2.24, 2.45) is 7.05 Å². The van der Waals surface area contributed by atoms with Crippen LogP contribution in [0.5, 0.6) is 0 Å². The normalized spacial score (nSPS) is 11.5. The number of para-hydroxylation sites is 1. The van der Waals surface area contributed by atoms with Crippen LogP contribution >= 0.6 is 11.3 Å². The fraction of sp³-hybridized carbons (Fsp3) is 0.0556. The van der Waals surface area contributed by atoms with E-state index in [2.05, 4.69) is 47.1 Å². The maximum absolute atomic E-state index is 4.74. The van der Waals surface area contributed by atoms with Crippen molar-refractivity contribution in [2.45, 2.75) is 0 Å². The van der Waals surface area contributed by atoms with E-state index >= 15 is 0 Å². The third kappa shape index (κ3) is 1.97. The van der Waals surface area contributed by atoms with Gasteiger partial charge in [0.25, 0.3) is 0 Å². The number of hydrogen-bond acceptors (Lipinski definition) is 4. The van der Waals surface area contributed by atoms with Crippen molar-refractivity contribution in [3.63, 3.8) is 0 Å². The maximum Gasteiger partial charge on any atom is 0.213 e. The molecule has 5 nitrogen and oxygen atoms in total. The van der Waals surface area contributed by atoms with Crippen LogP contribution in [-0.2, 0) is 7.05 Å². The van der Waals surface area contributed by atoms with Gasteiger partial charge in [0.1, 0.15) is 5.01 Å². The predicted molar refractivity (Wildman–Crippen MR) is 96.0 cm³/mol. The van der Waals surface area contributed by atoms with E-state index < -0.39 is 0 Å². The van der Waals surface area contributed by atoms with Gasteiger partial charge in [0, 0.05) is 47.7 Å². The second-order valence-electron chi connectivity index (χ2n) is 5.67. The number of benzene rings is 1. The lowest BCUT2D eigenvalue weighted by Crippen LogP contribution is -1.83. The Kier molecular flexibility index (Phi) is 2.80. The van der Waals surface area contributed by atoms with Crippen LogP contribution < -0.4 is 0 Å². The SMILES string of the molecule is Cn1cc(-c2nn3cc(-c4ccncc4)nc3s2)c2ccccc21. The Hall–Kier alpha value is -2.99. The Morgan fingerprint density at radius 3 is 2.67 bits per heavy atom. The highest BCUT2D eigenvalue weighted by atomic mass is 32.1. The van der Waals surface area contributed by atoms with Crippen molar-refractivity contribution in [1.29, 1.82) is 0 Å². The summed E-state index contributed by atoms with van der Waals surface area (Å²) in [4.78, 5) is 9.64. The van der Waals surface area contributed by atoms with Crippen LogP contribution in [0, 0.1) is 0 Å². The third-order valence-electron chi connectivity index (χ3n) is 4.15. The number of fused-ring (bicyclic) bond motifs is 2. The van der Waals surface area contributed by atoms with Gasteiger partial charge >= 0.3 is 0 Å². The standard InChI is InChI=1S/C18H13N5S/c1-22-10-14(13-4-2-3-5-16(13)22)17-21-23-11-15(20-18(23)24-17)12-6-8-19-9-7-12/h2-11H,1H3. The molecule has 0 spiro atoms. The Labute approximate surface area is 141 Å². The van der Waals surface area contributed by atoms with Gasteiger partial charge in [-0.15, -0.1) is 0 Å². The summed E-state index contributed by atoms with van der Waals surface area (Å²) in [5, 5.41) is 6.93. The van der Waals surface area contributed by atoms with Crippen molar-refractivity contribution >= 4 is 27.2 Å². The number of imidazole rings is 1. The predicted octanol–water partition coefficient (Wildman–Crippen LogP) is 4.01. The molecule has 0 atom stereocenters. The molecule has 0 unspecified atom stereocenters. The Bertz CT molecular complexity index is 1130. The summed E-state index contributed by atoms with van der Waals surface area (Å²) in [7, 11) is 2.06. The monoisotopic (exact) mass is 331 g/mol. The molecule has 4 aromatic heterocycles. The first-order chi connectivity index (χ1) is 11.8. The van der Waals surface area contributed by atoms with Crippen LogP contribution in [0.4, 0.5) is 0 Å². The average Bonchev–Trinajstić information content (AvgIpc) is 3.27. The first kappa shape index (κ1) is 13.4. The van der Waals surface area contributed by atoms with Crippen LogP contribution in [0.25, 0.3) is 37.7 Å². The van der Waals surface area contributed by atoms with Gasteiger partial charge < -0.3 is 4.57 Å². The number of aromatic nitrogens is 5. The van der Waals surface area contributed by atoms with Crippen LogP contribution in [0.3, 0.4) is 0 Å². The lowest BCUT2D eigenvalue weighted by atomic mass is 10.2. The Morgan fingerprint density at radius 2 is 1.83 bits per heavy atom. The molecule has 0 fully saturated rings. The first-order valence-corrected chi connectivity index (χ1v) is 8.42. The number of pyridine rings is 1. The average molecular weight is 331 g/mol. The van der Waals surface area contributed by atoms with Crippen molar-refractivity contribution in [3.8, 4) is 21.8 Å². The van der Waals surface area contributed by atoms with E-state index in [4.69, 9.17) is 10.1 Å². The van der Waals surface area contributed by atoms with E-state index in [1.807, 2.05) is 22.8 Å². The molecule has 0 aliphatic rings. The van der Waals surface area contributed by atoms with Crippen molar-refractivity contribution in [3.05, 3.63) is 61.2 Å². The molecule has 0 amide bonds. The Morgan fingerprint density at radius 1 is 1.00 bits per heavy atom. The second kappa shape index (κ2) is 5.01. The van der Waals surface area contributed by atoms with Gasteiger partial charge in [0.15, 0.2) is 0 Å². The highest BCUT2D eigenvalue weighted by Gasteiger charge is 2.15. The lowest BCUT2D eigenvalue weighted by molar-refractivity contribution is 0.961. The van der Waals surface area contributed by atoms with Crippen molar-refractivity contribution in [1.82, 2.24) is 24.1 Å². The van der Waals surface area contributed by atoms with Gasteiger partial charge in [-0.25, -0.2) is 9.50 Å². The minimum absolute atomic E-state index is 0.893. The van der Waals surface area contributed by atoms with Gasteiger partial charge in [-0.05, 0) is 18.2 Å². The third-order valence-corrected chi connectivity index (χ3v) is 5.10. The zero-order valence-electron chi connectivity index (χ0n) is 12.9. The van der Waals surface area contributed by atoms with Crippen LogP contribution in [-0.4, -0.2) is 24.1 Å². The van der Waals surface area contributed by atoms with Gasteiger partial charge in [-0.1, -0.05) is 29.5 Å². The summed E-state index contributed by atoms with van der Waals surface area (Å²) in [6.45, 7) is 0. The summed E-state index contributed by atoms with van der Waals surface area (Å²) >= 11 is 1.61. The van der Waals surface area contributed by atoms with Crippen LogP contribution in [0.1, 0.15) is 0 Å². The fourth-order valence-electron chi connectivity index (χ4n) is 2.98. The second-order valence-corrected chi connectivity index (χ2v) is 6.62. The van der Waals surface area contributed by atoms with Gasteiger partial charge in [0.2, 0.25) is 4.96 Å². The zero-order valence-corrected chi connectivity index (χ0v) is 13.7. The van der Waals surface area contributed by atoms with E-state index in [0.29, 0.717) is 0 Å². The molecule has 1 aromatic carbocycles. The highest BCUT2D eigenvalue weighted by molar-refractivity contribution is 7.20. The van der Waals surface area contributed by atoms with Crippen molar-refractivity contribution < 1.29 is 0 Å². The molecule has 6 heteroatoms. The molecular weight excluding hydrogens is 318 g/mol. The van der Waals surface area contributed by atoms with Crippen molar-refractivity contribution in [2.75, 3.05) is 0 Å². The summed E-state index contributed by atoms with van der Waals surface area (Å²) < 4.78 is 3.99. The topological polar surface area (TPSA) is 48.0 Å². The molecule has 0 aliphatic heterocycles. The fourth-order valence-corrected chi connectivity index (χ4v) is 3.89. The largest absolute Gasteiger partial charge is 0.350 e. The first-order valence-electron chi connectivity index (χ1n) is 7.61. The minimum Gasteiger partial charge on any atom is -0.350 e. The maximum atomic E-state index is 4.74. The summed E-state index contributed by atoms with van der Waals surface area (Å²) in [6.07, 6.45) is 7.65. The Balaban J connectivity index is 1.64. The number of hydrogen-bond donors (Lipinski definition) is 0. The van der Waals surface area contributed by atoms with Gasteiger partial charge in [-0.3, -0.25) is 4.98 Å². The molecule has 5 aromatic rings. The molecule has 5 rings (SSSR count). The van der Waals surface area contributed by atoms with E-state index in [1.165, 1.54) is 10.9 Å². The quantitative estimate of drug-likeness (QED) is 0.491. The van der Waals surface area contributed by atoms with E-state index in [9.17, 15) is 0 Å². The molecule has 0 aliphatic carbocycles. The van der Waals surface area contributed by atoms with Gasteiger partial charge in [0.05, 0.1) is 11.9 Å². The van der Waals surface area contributed by atoms with Crippen LogP contribution in [0.2, 0.25) is 0 Å². The van der Waals surface area contributed by atoms with Crippen LogP contribution in [0.15, 0.2) is 61.2 Å². The molecular formula is C18H13N5S. The smallest absolute Gasteiger partial charge is 0.213 e. The molecule has 0 saturated carbocycles. The van der Waals surface area contributed by atoms with E-state index in [0.717, 1.165) is 26.8 Å². The summed E-state index contributed by atoms with van der Waals surface area (Å²) in [6, 6.07) is 12.3. The highest BCUT2D eigenvalue weighted by Crippen LogP contribution is 2.33. The summed E-state index contributed by atoms with van der Waals surface area (Å²) in [5.74, 6) is 0. The number of rotatable bonds is 2. The minimum atomic E-state index is 0.893. The molecule has 116 valence electrons. The van der Waals surface area contributed by atoms with Gasteiger partial charge in [-0.2, -0.15) is 5.10 Å². The molecule has 0 bridgehead atoms. The number of aryl methyl sites for hydroxylation is 1. The molecule has 0 saturated heterocycles. The van der Waals surface area contributed by atoms with E-state index in [-0.39, 0.29) is 0 Å². The summed E-state index contributed by atoms with van der Waals surface area (Å²) in [5.41, 5.74) is 4.32. The lowest BCUT2D eigenvalue weighted by Gasteiger charge is -1.94. The zero-order chi connectivity index (χ0) is 16.1. The van der Waals surface area contributed by atoms with E-state index in [1.54, 1.807) is 23.7 Å². The molecule has 0 N–H and O–H groups in total. The number of nitrogens with zero attached hydrogens (tertiary/aromatic N) is 5. The molecule has 24 heavy (non-hydrogen) atoms. The molecule has 0 radical (unpaired) electrons.